The fourth-order valence-electron chi connectivity index (χ4n) is 2.31. The molecule has 17 heavy (non-hydrogen) atoms. The first-order chi connectivity index (χ1) is 8.28. The quantitative estimate of drug-likeness (QED) is 0.757. The maximum atomic E-state index is 11.8. The van der Waals surface area contributed by atoms with E-state index in [2.05, 4.69) is 4.98 Å². The Hall–Kier alpha value is -1.22. The molecule has 0 atom stereocenters. The summed E-state index contributed by atoms with van der Waals surface area (Å²) in [7, 11) is 0. The molecule has 92 valence electrons. The van der Waals surface area contributed by atoms with Gasteiger partial charge in [0.05, 0.1) is 6.10 Å². The summed E-state index contributed by atoms with van der Waals surface area (Å²) in [5.74, 6) is 0.825. The molecule has 3 heteroatoms. The van der Waals surface area contributed by atoms with Crippen molar-refractivity contribution < 1.29 is 9.53 Å². The first-order valence-corrected chi connectivity index (χ1v) is 6.31. The lowest BCUT2D eigenvalue weighted by Crippen LogP contribution is -2.33. The van der Waals surface area contributed by atoms with Crippen molar-refractivity contribution >= 4 is 5.78 Å². The predicted molar refractivity (Wildman–Crippen MR) is 65.7 cm³/mol. The van der Waals surface area contributed by atoms with Crippen LogP contribution in [0, 0.1) is 5.92 Å². The number of hydrogen-bond acceptors (Lipinski definition) is 3. The van der Waals surface area contributed by atoms with E-state index in [0.29, 0.717) is 30.6 Å². The summed E-state index contributed by atoms with van der Waals surface area (Å²) in [5, 5.41) is 0. The molecule has 0 aliphatic heterocycles. The van der Waals surface area contributed by atoms with Crippen LogP contribution in [0.3, 0.4) is 0 Å². The number of rotatable bonds is 6. The van der Waals surface area contributed by atoms with Gasteiger partial charge in [-0.25, -0.2) is 0 Å². The van der Waals surface area contributed by atoms with Gasteiger partial charge in [-0.15, -0.1) is 0 Å². The molecule has 0 unspecified atom stereocenters. The molecular weight excluding hydrogens is 214 g/mol. The zero-order valence-electron chi connectivity index (χ0n) is 10.3. The van der Waals surface area contributed by atoms with E-state index in [1.807, 2.05) is 25.1 Å². The second kappa shape index (κ2) is 5.92. The molecule has 0 N–H and O–H groups in total. The summed E-state index contributed by atoms with van der Waals surface area (Å²) in [6.45, 7) is 2.79. The Kier molecular flexibility index (Phi) is 4.26. The number of carbonyl (C=O) groups excluding carboxylic acids is 1. The van der Waals surface area contributed by atoms with Crippen LogP contribution < -0.4 is 0 Å². The van der Waals surface area contributed by atoms with Crippen LogP contribution in [0.25, 0.3) is 0 Å². The van der Waals surface area contributed by atoms with E-state index in [-0.39, 0.29) is 0 Å². The summed E-state index contributed by atoms with van der Waals surface area (Å²) in [5.41, 5.74) is 0.873. The third-order valence-corrected chi connectivity index (χ3v) is 3.22. The molecule has 0 aromatic carbocycles. The normalized spacial score (nSPS) is 23.1. The van der Waals surface area contributed by atoms with Gasteiger partial charge in [0, 0.05) is 31.3 Å². The van der Waals surface area contributed by atoms with Crippen molar-refractivity contribution in [3.05, 3.63) is 30.1 Å². The minimum atomic E-state index is 0.295. The molecule has 1 aromatic heterocycles. The summed E-state index contributed by atoms with van der Waals surface area (Å²) >= 11 is 0. The van der Waals surface area contributed by atoms with E-state index in [1.165, 1.54) is 0 Å². The second-order valence-corrected chi connectivity index (χ2v) is 4.66. The summed E-state index contributed by atoms with van der Waals surface area (Å²) < 4.78 is 5.48. The average Bonchev–Trinajstić information content (AvgIpc) is 2.27. The predicted octanol–water partition coefficient (Wildman–Crippen LogP) is 2.40. The van der Waals surface area contributed by atoms with Gasteiger partial charge in [0.2, 0.25) is 0 Å². The van der Waals surface area contributed by atoms with E-state index >= 15 is 0 Å². The van der Waals surface area contributed by atoms with Crippen LogP contribution in [-0.2, 0) is 16.0 Å². The monoisotopic (exact) mass is 233 g/mol. The smallest absolute Gasteiger partial charge is 0.139 e. The van der Waals surface area contributed by atoms with E-state index < -0.39 is 0 Å². The van der Waals surface area contributed by atoms with E-state index in [4.69, 9.17) is 4.74 Å². The number of ketones is 1. The standard InChI is InChI=1S/C14H19NO2/c1-2-17-14-8-11(9-14)7-13(16)10-12-5-3-4-6-15-12/h3-6,11,14H,2,7-10H2,1H3. The molecular formula is C14H19NO2. The van der Waals surface area contributed by atoms with E-state index in [9.17, 15) is 4.79 Å². The molecule has 3 nitrogen and oxygen atoms in total. The van der Waals surface area contributed by atoms with Crippen LogP contribution in [0.1, 0.15) is 31.9 Å². The van der Waals surface area contributed by atoms with Crippen LogP contribution >= 0.6 is 0 Å². The lowest BCUT2D eigenvalue weighted by molar-refractivity contribution is -0.121. The molecule has 1 saturated carbocycles. The van der Waals surface area contributed by atoms with Crippen molar-refractivity contribution in [3.63, 3.8) is 0 Å². The van der Waals surface area contributed by atoms with E-state index in [1.54, 1.807) is 6.20 Å². The van der Waals surface area contributed by atoms with Crippen molar-refractivity contribution in [2.75, 3.05) is 6.61 Å². The topological polar surface area (TPSA) is 39.2 Å². The Morgan fingerprint density at radius 3 is 2.94 bits per heavy atom. The molecule has 0 bridgehead atoms. The molecule has 1 aromatic rings. The zero-order valence-corrected chi connectivity index (χ0v) is 10.3. The second-order valence-electron chi connectivity index (χ2n) is 4.66. The van der Waals surface area contributed by atoms with Crippen LogP contribution in [0.2, 0.25) is 0 Å². The van der Waals surface area contributed by atoms with Crippen LogP contribution in [-0.4, -0.2) is 23.5 Å². The third-order valence-electron chi connectivity index (χ3n) is 3.22. The number of hydrogen-bond donors (Lipinski definition) is 0. The Labute approximate surface area is 102 Å². The number of aromatic nitrogens is 1. The first kappa shape index (κ1) is 12.2. The highest BCUT2D eigenvalue weighted by atomic mass is 16.5. The van der Waals surface area contributed by atoms with Gasteiger partial charge in [-0.1, -0.05) is 6.07 Å². The SMILES string of the molecule is CCOC1CC(CC(=O)Cc2ccccn2)C1. The summed E-state index contributed by atoms with van der Waals surface area (Å²) in [6.07, 6.45) is 5.37. The number of ether oxygens (including phenoxy) is 1. The highest BCUT2D eigenvalue weighted by Gasteiger charge is 2.30. The van der Waals surface area contributed by atoms with Gasteiger partial charge in [-0.2, -0.15) is 0 Å². The number of carbonyl (C=O) groups is 1. The Bertz CT molecular complexity index is 358. The van der Waals surface area contributed by atoms with Gasteiger partial charge in [0.1, 0.15) is 5.78 Å². The van der Waals surface area contributed by atoms with Crippen LogP contribution in [0.4, 0.5) is 0 Å². The molecule has 1 heterocycles. The maximum absolute atomic E-state index is 11.8. The summed E-state index contributed by atoms with van der Waals surface area (Å²) in [6, 6.07) is 5.69. The Morgan fingerprint density at radius 1 is 1.47 bits per heavy atom. The fourth-order valence-corrected chi connectivity index (χ4v) is 2.31. The zero-order chi connectivity index (χ0) is 12.1. The number of nitrogens with zero attached hydrogens (tertiary/aromatic N) is 1. The van der Waals surface area contributed by atoms with Crippen molar-refractivity contribution in [3.8, 4) is 0 Å². The highest BCUT2D eigenvalue weighted by Crippen LogP contribution is 2.32. The lowest BCUT2D eigenvalue weighted by atomic mass is 9.78. The Morgan fingerprint density at radius 2 is 2.29 bits per heavy atom. The molecule has 2 rings (SSSR count). The molecule has 1 aliphatic rings. The third kappa shape index (κ3) is 3.63. The van der Waals surface area contributed by atoms with Gasteiger partial charge in [0.15, 0.2) is 0 Å². The molecule has 1 aliphatic carbocycles. The molecule has 0 amide bonds. The van der Waals surface area contributed by atoms with Crippen molar-refractivity contribution in [2.24, 2.45) is 5.92 Å². The van der Waals surface area contributed by atoms with E-state index in [0.717, 1.165) is 25.1 Å². The number of Topliss-reactive ketones (excluding diaryl/α,β-unsaturated/α-hetero) is 1. The van der Waals surface area contributed by atoms with Crippen LogP contribution in [0.5, 0.6) is 0 Å². The van der Waals surface area contributed by atoms with Crippen molar-refractivity contribution in [2.45, 2.75) is 38.7 Å². The number of pyridine rings is 1. The first-order valence-electron chi connectivity index (χ1n) is 6.31. The van der Waals surface area contributed by atoms with Gasteiger partial charge in [-0.05, 0) is 37.8 Å². The van der Waals surface area contributed by atoms with Crippen molar-refractivity contribution in [1.29, 1.82) is 0 Å². The average molecular weight is 233 g/mol. The molecule has 0 saturated heterocycles. The van der Waals surface area contributed by atoms with Gasteiger partial charge in [0.25, 0.3) is 0 Å². The van der Waals surface area contributed by atoms with Crippen molar-refractivity contribution in [1.82, 2.24) is 4.98 Å². The fraction of sp³-hybridized carbons (Fsp3) is 0.571. The largest absolute Gasteiger partial charge is 0.378 e. The maximum Gasteiger partial charge on any atom is 0.139 e. The van der Waals surface area contributed by atoms with Gasteiger partial charge < -0.3 is 4.74 Å². The highest BCUT2D eigenvalue weighted by molar-refractivity contribution is 5.80. The Balaban J connectivity index is 1.69. The minimum absolute atomic E-state index is 0.295. The lowest BCUT2D eigenvalue weighted by Gasteiger charge is -2.34. The van der Waals surface area contributed by atoms with Crippen LogP contribution in [0.15, 0.2) is 24.4 Å². The van der Waals surface area contributed by atoms with Gasteiger partial charge in [-0.3, -0.25) is 9.78 Å². The summed E-state index contributed by atoms with van der Waals surface area (Å²) in [4.78, 5) is 16.0. The minimum Gasteiger partial charge on any atom is -0.378 e. The molecule has 1 fully saturated rings. The molecule has 0 radical (unpaired) electrons. The molecule has 0 spiro atoms. The van der Waals surface area contributed by atoms with Gasteiger partial charge >= 0.3 is 0 Å².